The predicted octanol–water partition coefficient (Wildman–Crippen LogP) is 1.18. The molecule has 1 N–H and O–H groups in total. The van der Waals surface area contributed by atoms with Crippen molar-refractivity contribution in [1.82, 2.24) is 0 Å². The van der Waals surface area contributed by atoms with Crippen molar-refractivity contribution >= 4 is 48.3 Å². The quantitative estimate of drug-likeness (QED) is 0.563. The van der Waals surface area contributed by atoms with E-state index in [4.69, 9.17) is 0 Å². The average Bonchev–Trinajstić information content (AvgIpc) is 2.40. The van der Waals surface area contributed by atoms with Gasteiger partial charge in [0.2, 0.25) is 0 Å². The molecule has 1 unspecified atom stereocenters. The summed E-state index contributed by atoms with van der Waals surface area (Å²) in [7, 11) is 0. The third kappa shape index (κ3) is 2.30. The van der Waals surface area contributed by atoms with Crippen LogP contribution < -0.4 is 0 Å². The van der Waals surface area contributed by atoms with Crippen LogP contribution in [-0.2, 0) is 0 Å². The van der Waals surface area contributed by atoms with Gasteiger partial charge in [0, 0.05) is 0 Å². The topological polar surface area (TPSA) is 20.2 Å². The van der Waals surface area contributed by atoms with Crippen molar-refractivity contribution in [2.24, 2.45) is 5.92 Å². The fraction of sp³-hybridized carbons (Fsp3) is 1.00. The first-order chi connectivity index (χ1) is 5.49. The zero-order valence-electron chi connectivity index (χ0n) is 6.77. The molecule has 70 valence electrons. The Hall–Kier alpha value is 1.95. The van der Waals surface area contributed by atoms with Crippen molar-refractivity contribution in [2.75, 3.05) is 0 Å². The predicted molar refractivity (Wildman–Crippen MR) is 57.1 cm³/mol. The monoisotopic (exact) mass is 384 g/mol. The van der Waals surface area contributed by atoms with E-state index in [1.807, 2.05) is 0 Å². The Morgan fingerprint density at radius 3 is 2.42 bits per heavy atom. The normalized spacial score (nSPS) is 44.7. The number of rotatable bonds is 2. The van der Waals surface area contributed by atoms with E-state index in [0.717, 1.165) is 5.92 Å². The zero-order valence-corrected chi connectivity index (χ0v) is 13.0. The van der Waals surface area contributed by atoms with E-state index in [2.05, 4.69) is 30.7 Å². The van der Waals surface area contributed by atoms with Gasteiger partial charge >= 0.3 is 95.5 Å². The first kappa shape index (κ1) is 10.5. The Kier molecular flexibility index (Phi) is 3.06. The zero-order chi connectivity index (χ0) is 8.82. The van der Waals surface area contributed by atoms with E-state index < -0.39 is 3.11 Å². The molecule has 1 atom stereocenters. The van der Waals surface area contributed by atoms with Gasteiger partial charge in [-0.05, 0) is 0 Å². The van der Waals surface area contributed by atoms with Crippen LogP contribution in [0.2, 0.25) is 4.31 Å². The molecule has 0 aromatic rings. The average molecular weight is 381 g/mol. The van der Waals surface area contributed by atoms with Crippen molar-refractivity contribution in [1.29, 1.82) is 0 Å². The maximum absolute atomic E-state index is 9.85. The molecule has 2 fully saturated rings. The van der Waals surface area contributed by atoms with Gasteiger partial charge in [-0.25, -0.2) is 0 Å². The van der Waals surface area contributed by atoms with Gasteiger partial charge in [0.05, 0.1) is 0 Å². The van der Waals surface area contributed by atoms with Gasteiger partial charge in [0.15, 0.2) is 0 Å². The third-order valence-corrected chi connectivity index (χ3v) is 13.9. The maximum atomic E-state index is 9.85. The molecule has 2 aliphatic carbocycles. The molecule has 0 aromatic heterocycles. The number of hydrogen-bond acceptors (Lipinski definition) is 1. The van der Waals surface area contributed by atoms with E-state index in [0.29, 0.717) is 18.8 Å². The summed E-state index contributed by atoms with van der Waals surface area (Å²) in [5, 5.41) is 0. The summed E-state index contributed by atoms with van der Waals surface area (Å²) in [6, 6.07) is 0. The first-order valence-corrected chi connectivity index (χ1v) is 13.8. The van der Waals surface area contributed by atoms with Crippen LogP contribution in [-0.4, -0.2) is 50.1 Å². The van der Waals surface area contributed by atoms with Crippen LogP contribution in [0.25, 0.3) is 0 Å². The minimum atomic E-state index is -1.65. The molecule has 5 heteroatoms. The van der Waals surface area contributed by atoms with Crippen molar-refractivity contribution in [3.05, 3.63) is 0 Å². The van der Waals surface area contributed by atoms with Gasteiger partial charge in [0.25, 0.3) is 0 Å². The number of hydrogen-bond donors (Lipinski definition) is 1. The fourth-order valence-electron chi connectivity index (χ4n) is 2.52. The van der Waals surface area contributed by atoms with Gasteiger partial charge in [0.1, 0.15) is 0 Å². The molecule has 0 saturated heterocycles. The van der Waals surface area contributed by atoms with E-state index in [1.165, 1.54) is 32.1 Å². The Balaban J connectivity index is 2.08. The van der Waals surface area contributed by atoms with E-state index in [9.17, 15) is 4.89 Å². The molecule has 12 heavy (non-hydrogen) atoms. The second kappa shape index (κ2) is 3.51. The molecule has 0 radical (unpaired) electrons. The van der Waals surface area contributed by atoms with E-state index in [-0.39, 0.29) is 0 Å². The molecule has 1 nitrogen and oxygen atoms in total. The van der Waals surface area contributed by atoms with Crippen LogP contribution in [0.1, 0.15) is 32.1 Å². The Labute approximate surface area is 94.9 Å². The van der Waals surface area contributed by atoms with E-state index in [1.54, 1.807) is 0 Å². The van der Waals surface area contributed by atoms with E-state index >= 15 is 0 Å². The first-order valence-electron chi connectivity index (χ1n) is 4.25. The molecule has 2 saturated carbocycles. The van der Waals surface area contributed by atoms with Crippen LogP contribution in [0.15, 0.2) is 0 Å². The molecule has 2 rings (SSSR count). The van der Waals surface area contributed by atoms with Gasteiger partial charge in [-0.2, -0.15) is 0 Å². The van der Waals surface area contributed by atoms with Crippen molar-refractivity contribution < 1.29 is 4.89 Å². The van der Waals surface area contributed by atoms with Crippen LogP contribution >= 0.6 is 3.11 Å². The van der Waals surface area contributed by atoms with Crippen LogP contribution in [0, 0.1) is 5.92 Å². The summed E-state index contributed by atoms with van der Waals surface area (Å²) in [5.41, 5.74) is 0. The summed E-state index contributed by atoms with van der Waals surface area (Å²) in [4.78, 5) is 9.85. The van der Waals surface area contributed by atoms with Crippen LogP contribution in [0.3, 0.4) is 0 Å². The Morgan fingerprint density at radius 1 is 1.50 bits per heavy atom. The third-order valence-electron chi connectivity index (χ3n) is 2.99. The Bertz CT molecular complexity index is 229. The SMILES string of the molecule is OP(=[Se])([SeH])[Se]C12CCC(CC1)C2. The second-order valence-electron chi connectivity index (χ2n) is 3.91. The van der Waals surface area contributed by atoms with Crippen molar-refractivity contribution in [3.8, 4) is 0 Å². The van der Waals surface area contributed by atoms with Crippen molar-refractivity contribution in [2.45, 2.75) is 36.4 Å². The molecular weight excluding hydrogens is 368 g/mol. The summed E-state index contributed by atoms with van der Waals surface area (Å²) in [6.07, 6.45) is 7.11. The second-order valence-corrected chi connectivity index (χ2v) is 29.8. The molecule has 0 aromatic carbocycles. The van der Waals surface area contributed by atoms with Gasteiger partial charge in [-0.1, -0.05) is 0 Å². The Morgan fingerprint density at radius 2 is 2.08 bits per heavy atom. The summed E-state index contributed by atoms with van der Waals surface area (Å²) in [5.74, 6) is 1.02. The summed E-state index contributed by atoms with van der Waals surface area (Å²) < 4.78 is -1.04. The van der Waals surface area contributed by atoms with Gasteiger partial charge in [-0.3, -0.25) is 0 Å². The molecule has 0 spiro atoms. The molecule has 0 amide bonds. The number of fused-ring (bicyclic) bond motifs is 2. The summed E-state index contributed by atoms with van der Waals surface area (Å²) in [6.45, 7) is 0. The summed E-state index contributed by atoms with van der Waals surface area (Å²) >= 11 is 5.95. The molecule has 2 aliphatic rings. The molecule has 2 bridgehead atoms. The van der Waals surface area contributed by atoms with Crippen LogP contribution in [0.5, 0.6) is 0 Å². The molecule has 0 aliphatic heterocycles. The molecular formula is C7H13OPSe3. The van der Waals surface area contributed by atoms with Crippen molar-refractivity contribution in [3.63, 3.8) is 0 Å². The molecule has 0 heterocycles. The minimum absolute atomic E-state index is 0.464. The van der Waals surface area contributed by atoms with Crippen LogP contribution in [0.4, 0.5) is 0 Å². The van der Waals surface area contributed by atoms with Gasteiger partial charge in [-0.15, -0.1) is 0 Å². The van der Waals surface area contributed by atoms with Gasteiger partial charge < -0.3 is 0 Å². The fourth-order valence-corrected chi connectivity index (χ4v) is 19.9. The standard InChI is InChI=1S/C7H13OPSe3/c8-9(10,11)12-7-3-1-6(5-7)2-4-7/h6H,1-5H2,(H2,8,10,11).